The Labute approximate surface area is 359 Å². The first-order chi connectivity index (χ1) is 23.1. The molecule has 0 N–H and O–H groups in total. The van der Waals surface area contributed by atoms with Crippen molar-refractivity contribution in [3.8, 4) is 0 Å². The standard InChI is InChI=1S/C21H28NP.C13H12NP.2C4H9I.2Cu/c1-16(2)14-23(15-17(3)4)21-13-9-8-12-20(21)22-19-11-7-6-10-18(19)5;1-10-6-2-3-7-11(10)14-12-8-4-5-9-13(12)15;2*1-2-3-4-5;;/h6-13,16-17H,5,14-15H2,1-4H3;2-9H,1,15H2;2*2-4H2,1H3;;/q2*-2;;;;+2/p+1. The fraction of sp³-hybridized carbons (Fsp3) is 0.381. The Hall–Kier alpha value is -0.421. The Bertz CT molecular complexity index is 1340. The van der Waals surface area contributed by atoms with Crippen LogP contribution in [0.5, 0.6) is 0 Å². The van der Waals surface area contributed by atoms with Crippen LogP contribution in [0.1, 0.15) is 78.4 Å². The summed E-state index contributed by atoms with van der Waals surface area (Å²) in [5.74, 6) is 1.46. The summed E-state index contributed by atoms with van der Waals surface area (Å²) in [6, 6.07) is 32.7. The number of hydrogen-bond acceptors (Lipinski definition) is 0. The van der Waals surface area contributed by atoms with Crippen LogP contribution in [0.2, 0.25) is 0 Å². The smallest absolute Gasteiger partial charge is 0.715 e. The Morgan fingerprint density at radius 3 is 1.32 bits per heavy atom. The van der Waals surface area contributed by atoms with Crippen molar-refractivity contribution < 1.29 is 34.1 Å². The second kappa shape index (κ2) is 32.0. The van der Waals surface area contributed by atoms with Crippen LogP contribution in [0.15, 0.2) is 97.1 Å². The first-order valence-corrected chi connectivity index (χ1v) is 22.8. The summed E-state index contributed by atoms with van der Waals surface area (Å²) < 4.78 is 2.63. The summed E-state index contributed by atoms with van der Waals surface area (Å²) in [5.41, 5.74) is 5.95. The van der Waals surface area contributed by atoms with Crippen LogP contribution in [-0.4, -0.2) is 21.2 Å². The Morgan fingerprint density at radius 1 is 0.600 bits per heavy atom. The Morgan fingerprint density at radius 2 is 0.960 bits per heavy atom. The number of unbranched alkanes of at least 4 members (excludes halogenated alkanes) is 2. The molecule has 2 nitrogen and oxygen atoms in total. The normalized spacial score (nSPS) is 9.92. The molecule has 0 amide bonds. The van der Waals surface area contributed by atoms with Gasteiger partial charge in [0.15, 0.2) is 0 Å². The quantitative estimate of drug-likeness (QED) is 0.0420. The zero-order valence-corrected chi connectivity index (χ0v) is 39.1. The van der Waals surface area contributed by atoms with Crippen LogP contribution < -0.4 is 10.6 Å². The molecular formula is C42H59Cu2I2N2P2-. The first kappa shape index (κ1) is 51.7. The average Bonchev–Trinajstić information content (AvgIpc) is 3.05. The molecule has 50 heavy (non-hydrogen) atoms. The second-order valence-electron chi connectivity index (χ2n) is 12.4. The van der Waals surface area contributed by atoms with E-state index in [1.165, 1.54) is 52.2 Å². The topological polar surface area (TPSA) is 28.2 Å². The zero-order valence-electron chi connectivity index (χ0n) is 30.8. The van der Waals surface area contributed by atoms with Crippen molar-refractivity contribution in [2.45, 2.75) is 67.2 Å². The molecule has 4 rings (SSSR count). The van der Waals surface area contributed by atoms with E-state index in [1.54, 1.807) is 0 Å². The van der Waals surface area contributed by atoms with Gasteiger partial charge in [-0.3, -0.25) is 11.4 Å². The van der Waals surface area contributed by atoms with Crippen LogP contribution in [0.4, 0.5) is 22.7 Å². The number of halogens is 2. The second-order valence-corrected chi connectivity index (χ2v) is 17.8. The summed E-state index contributed by atoms with van der Waals surface area (Å²) in [6.45, 7) is 21.8. The minimum atomic E-state index is -0.597. The molecule has 0 spiro atoms. The molecule has 0 fully saturated rings. The Kier molecular flexibility index (Phi) is 33.1. The molecule has 0 aliphatic heterocycles. The van der Waals surface area contributed by atoms with Crippen molar-refractivity contribution >= 4 is 95.7 Å². The number of para-hydroxylation sites is 4. The van der Waals surface area contributed by atoms with Gasteiger partial charge in [-0.05, 0) is 44.9 Å². The maximum atomic E-state index is 4.94. The van der Waals surface area contributed by atoms with E-state index in [2.05, 4.69) is 145 Å². The van der Waals surface area contributed by atoms with Gasteiger partial charge in [0, 0.05) is 25.0 Å². The predicted octanol–water partition coefficient (Wildman–Crippen LogP) is 14.5. The van der Waals surface area contributed by atoms with Gasteiger partial charge in [0.1, 0.15) is 0 Å². The molecule has 1 atom stereocenters. The van der Waals surface area contributed by atoms with E-state index < -0.39 is 7.92 Å². The summed E-state index contributed by atoms with van der Waals surface area (Å²) in [4.78, 5) is 0. The fourth-order valence-electron chi connectivity index (χ4n) is 4.51. The molecule has 4 aromatic rings. The number of benzene rings is 4. The average molecular weight is 1030 g/mol. The van der Waals surface area contributed by atoms with Gasteiger partial charge in [0.25, 0.3) is 0 Å². The third kappa shape index (κ3) is 22.6. The van der Waals surface area contributed by atoms with Gasteiger partial charge in [-0.1, -0.05) is 154 Å². The van der Waals surface area contributed by atoms with E-state index in [4.69, 9.17) is 5.32 Å². The van der Waals surface area contributed by atoms with E-state index in [1.807, 2.05) is 66.7 Å². The zero-order chi connectivity index (χ0) is 35.7. The van der Waals surface area contributed by atoms with Crippen LogP contribution in [0.25, 0.3) is 10.6 Å². The van der Waals surface area contributed by atoms with Crippen LogP contribution >= 0.6 is 62.3 Å². The molecule has 0 saturated carbocycles. The first-order valence-electron chi connectivity index (χ1n) is 17.2. The van der Waals surface area contributed by atoms with Gasteiger partial charge in [-0.2, -0.15) is 12.1 Å². The molecule has 0 heterocycles. The van der Waals surface area contributed by atoms with Crippen molar-refractivity contribution in [2.75, 3.05) is 21.2 Å². The van der Waals surface area contributed by atoms with Crippen molar-refractivity contribution in [1.29, 1.82) is 0 Å². The SMILES string of the molecule is CCCCI.CCCCI.[CH2-]c1ccccc1[N-]c1ccccc1P.[CH2-]c1ccccc1[N-]c1ccccc1[PH+](CC(C)C)CC(C)C.[Cu+2].[Cu]. The number of rotatable bonds is 13. The van der Waals surface area contributed by atoms with Gasteiger partial charge in [-0.15, -0.1) is 44.9 Å². The third-order valence-electron chi connectivity index (χ3n) is 6.97. The van der Waals surface area contributed by atoms with Crippen LogP contribution in [-0.2, 0) is 34.1 Å². The summed E-state index contributed by atoms with van der Waals surface area (Å²) in [6.07, 6.45) is 8.04. The van der Waals surface area contributed by atoms with Gasteiger partial charge in [-0.25, -0.2) is 25.0 Å². The van der Waals surface area contributed by atoms with E-state index in [0.29, 0.717) is 0 Å². The van der Waals surface area contributed by atoms with Crippen LogP contribution in [0.3, 0.4) is 0 Å². The molecule has 1 unspecified atom stereocenters. The van der Waals surface area contributed by atoms with E-state index in [9.17, 15) is 0 Å². The molecule has 4 aromatic carbocycles. The van der Waals surface area contributed by atoms with Crippen molar-refractivity contribution in [1.82, 2.24) is 0 Å². The van der Waals surface area contributed by atoms with Crippen molar-refractivity contribution in [2.24, 2.45) is 11.8 Å². The van der Waals surface area contributed by atoms with Gasteiger partial charge < -0.3 is 10.6 Å². The van der Waals surface area contributed by atoms with E-state index in [0.717, 1.165) is 51.0 Å². The maximum absolute atomic E-state index is 4.94. The number of hydrogen-bond donors (Lipinski definition) is 0. The van der Waals surface area contributed by atoms with Gasteiger partial charge in [0.05, 0.1) is 17.6 Å². The van der Waals surface area contributed by atoms with Gasteiger partial charge >= 0.3 is 17.1 Å². The monoisotopic (exact) mass is 1030 g/mol. The van der Waals surface area contributed by atoms with E-state index >= 15 is 0 Å². The summed E-state index contributed by atoms with van der Waals surface area (Å²) in [5, 5.41) is 12.1. The summed E-state index contributed by atoms with van der Waals surface area (Å²) >= 11 is 4.77. The number of nitrogens with zero attached hydrogens (tertiary/aromatic N) is 2. The molecule has 2 radical (unpaired) electrons. The molecule has 0 saturated heterocycles. The largest absolute Gasteiger partial charge is 2.00 e. The summed E-state index contributed by atoms with van der Waals surface area (Å²) in [7, 11) is 2.09. The molecule has 0 aliphatic carbocycles. The minimum Gasteiger partial charge on any atom is -0.715 e. The molecule has 0 bridgehead atoms. The predicted molar refractivity (Wildman–Crippen MR) is 244 cm³/mol. The number of alkyl halides is 2. The molecule has 0 aromatic heterocycles. The molecule has 0 aliphatic rings. The minimum absolute atomic E-state index is 0. The molecule has 8 heteroatoms. The fourth-order valence-corrected chi connectivity index (χ4v) is 9.72. The molecule has 284 valence electrons. The van der Waals surface area contributed by atoms with E-state index in [-0.39, 0.29) is 34.1 Å². The Balaban J connectivity index is 0. The van der Waals surface area contributed by atoms with Crippen molar-refractivity contribution in [3.05, 3.63) is 133 Å². The molecular weight excluding hydrogens is 975 g/mol. The third-order valence-corrected chi connectivity index (χ3v) is 12.8. The van der Waals surface area contributed by atoms with Crippen molar-refractivity contribution in [3.63, 3.8) is 0 Å². The van der Waals surface area contributed by atoms with Crippen LogP contribution in [0, 0.1) is 25.7 Å². The van der Waals surface area contributed by atoms with Gasteiger partial charge in [0.2, 0.25) is 0 Å². The maximum Gasteiger partial charge on any atom is 2.00 e.